The molecule has 0 aliphatic heterocycles. The highest BCUT2D eigenvalue weighted by Gasteiger charge is 2.31. The highest BCUT2D eigenvalue weighted by atomic mass is 32.2. The van der Waals surface area contributed by atoms with Gasteiger partial charge in [-0.1, -0.05) is 43.4 Å². The summed E-state index contributed by atoms with van der Waals surface area (Å²) >= 11 is 0. The molecule has 1 aromatic carbocycles. The first-order valence-electron chi connectivity index (χ1n) is 7.69. The van der Waals surface area contributed by atoms with Gasteiger partial charge in [-0.2, -0.15) is 4.31 Å². The van der Waals surface area contributed by atoms with Gasteiger partial charge < -0.3 is 9.90 Å². The standard InChI is InChI=1S/C16H23NO4S/c1-13-8-10-15(11-9-13)22(20,21)17(12-16(18)19)14-6-4-2-3-5-7-14/h8-11,14H,2-7,12H2,1H3,(H,18,19)/p-1. The topological polar surface area (TPSA) is 77.5 Å². The van der Waals surface area contributed by atoms with Gasteiger partial charge in [-0.25, -0.2) is 8.42 Å². The zero-order valence-electron chi connectivity index (χ0n) is 12.8. The number of benzene rings is 1. The van der Waals surface area contributed by atoms with Gasteiger partial charge in [-0.3, -0.25) is 0 Å². The maximum atomic E-state index is 12.8. The predicted octanol–water partition coefficient (Wildman–Crippen LogP) is 1.46. The average Bonchev–Trinajstić information content (AvgIpc) is 2.73. The Hall–Kier alpha value is -1.40. The number of carboxylic acids is 1. The molecule has 0 radical (unpaired) electrons. The largest absolute Gasteiger partial charge is 0.549 e. The second-order valence-electron chi connectivity index (χ2n) is 5.88. The summed E-state index contributed by atoms with van der Waals surface area (Å²) in [6.07, 6.45) is 5.41. The summed E-state index contributed by atoms with van der Waals surface area (Å²) in [5.74, 6) is -1.36. The molecule has 122 valence electrons. The number of nitrogens with zero attached hydrogens (tertiary/aromatic N) is 1. The van der Waals surface area contributed by atoms with Gasteiger partial charge in [0.1, 0.15) is 0 Å². The molecule has 0 aromatic heterocycles. The molecular formula is C16H22NO4S-. The molecule has 0 heterocycles. The van der Waals surface area contributed by atoms with E-state index in [1.54, 1.807) is 12.1 Å². The molecule has 1 aliphatic rings. The van der Waals surface area contributed by atoms with Crippen LogP contribution in [0.25, 0.3) is 0 Å². The smallest absolute Gasteiger partial charge is 0.243 e. The average molecular weight is 324 g/mol. The summed E-state index contributed by atoms with van der Waals surface area (Å²) in [5.41, 5.74) is 0.958. The molecule has 22 heavy (non-hydrogen) atoms. The molecular weight excluding hydrogens is 302 g/mol. The Morgan fingerprint density at radius 1 is 1.14 bits per heavy atom. The van der Waals surface area contributed by atoms with Crippen LogP contribution in [-0.2, 0) is 14.8 Å². The summed E-state index contributed by atoms with van der Waals surface area (Å²) in [5, 5.41) is 11.1. The van der Waals surface area contributed by atoms with Crippen LogP contribution in [0.15, 0.2) is 29.2 Å². The summed E-state index contributed by atoms with van der Waals surface area (Å²) in [6, 6.07) is 6.24. The zero-order chi connectivity index (χ0) is 16.2. The molecule has 0 unspecified atom stereocenters. The lowest BCUT2D eigenvalue weighted by Gasteiger charge is -2.30. The van der Waals surface area contributed by atoms with E-state index in [1.165, 1.54) is 12.1 Å². The monoisotopic (exact) mass is 324 g/mol. The second-order valence-corrected chi connectivity index (χ2v) is 7.77. The minimum atomic E-state index is -3.82. The van der Waals surface area contributed by atoms with Crippen LogP contribution >= 0.6 is 0 Å². The maximum Gasteiger partial charge on any atom is 0.243 e. The van der Waals surface area contributed by atoms with Crippen molar-refractivity contribution in [3.8, 4) is 0 Å². The van der Waals surface area contributed by atoms with Crippen LogP contribution in [0.1, 0.15) is 44.1 Å². The van der Waals surface area contributed by atoms with Crippen molar-refractivity contribution in [1.82, 2.24) is 4.31 Å². The molecule has 6 heteroatoms. The number of hydrogen-bond acceptors (Lipinski definition) is 4. The fourth-order valence-corrected chi connectivity index (χ4v) is 4.56. The Morgan fingerprint density at radius 2 is 1.68 bits per heavy atom. The van der Waals surface area contributed by atoms with E-state index in [0.29, 0.717) is 12.8 Å². The van der Waals surface area contributed by atoms with Gasteiger partial charge in [0.05, 0.1) is 17.4 Å². The van der Waals surface area contributed by atoms with Crippen molar-refractivity contribution in [3.05, 3.63) is 29.8 Å². The van der Waals surface area contributed by atoms with Crippen molar-refractivity contribution in [2.75, 3.05) is 6.54 Å². The summed E-state index contributed by atoms with van der Waals surface area (Å²) in [6.45, 7) is 1.29. The van der Waals surface area contributed by atoms with E-state index in [9.17, 15) is 18.3 Å². The number of hydrogen-bond donors (Lipinski definition) is 0. The molecule has 0 bridgehead atoms. The SMILES string of the molecule is Cc1ccc(S(=O)(=O)N(CC(=O)[O-])C2CCCCCC2)cc1. The molecule has 1 aromatic rings. The lowest BCUT2D eigenvalue weighted by molar-refractivity contribution is -0.305. The van der Waals surface area contributed by atoms with E-state index in [0.717, 1.165) is 35.6 Å². The highest BCUT2D eigenvalue weighted by molar-refractivity contribution is 7.89. The Kier molecular flexibility index (Phi) is 5.58. The number of carboxylic acid groups (broad SMARTS) is 1. The van der Waals surface area contributed by atoms with Gasteiger partial charge in [0.15, 0.2) is 0 Å². The van der Waals surface area contributed by atoms with Crippen LogP contribution in [-0.4, -0.2) is 31.3 Å². The van der Waals surface area contributed by atoms with E-state index in [4.69, 9.17) is 0 Å². The van der Waals surface area contributed by atoms with Gasteiger partial charge >= 0.3 is 0 Å². The molecule has 1 aliphatic carbocycles. The van der Waals surface area contributed by atoms with E-state index in [2.05, 4.69) is 0 Å². The number of aryl methyl sites for hydroxylation is 1. The molecule has 1 fully saturated rings. The Labute approximate surface area is 132 Å². The second kappa shape index (κ2) is 7.24. The predicted molar refractivity (Wildman–Crippen MR) is 81.6 cm³/mol. The third-order valence-electron chi connectivity index (χ3n) is 4.14. The summed E-state index contributed by atoms with van der Waals surface area (Å²) in [4.78, 5) is 11.2. The van der Waals surface area contributed by atoms with E-state index in [-0.39, 0.29) is 10.9 Å². The van der Waals surface area contributed by atoms with E-state index < -0.39 is 22.5 Å². The lowest BCUT2D eigenvalue weighted by atomic mass is 10.1. The number of carbonyl (C=O) groups excluding carboxylic acids is 1. The van der Waals surface area contributed by atoms with Crippen LogP contribution in [0.3, 0.4) is 0 Å². The van der Waals surface area contributed by atoms with Crippen molar-refractivity contribution in [1.29, 1.82) is 0 Å². The Balaban J connectivity index is 2.33. The van der Waals surface area contributed by atoms with Crippen LogP contribution in [0.2, 0.25) is 0 Å². The van der Waals surface area contributed by atoms with Crippen molar-refractivity contribution < 1.29 is 18.3 Å². The molecule has 0 spiro atoms. The molecule has 0 N–H and O–H groups in total. The summed E-state index contributed by atoms with van der Waals surface area (Å²) in [7, 11) is -3.82. The Bertz CT molecular complexity index is 602. The number of aliphatic carboxylic acids is 1. The molecule has 0 amide bonds. The molecule has 0 saturated heterocycles. The Morgan fingerprint density at radius 3 is 2.18 bits per heavy atom. The zero-order valence-corrected chi connectivity index (χ0v) is 13.6. The minimum absolute atomic E-state index is 0.142. The molecule has 0 atom stereocenters. The first-order valence-corrected chi connectivity index (χ1v) is 9.13. The van der Waals surface area contributed by atoms with Gasteiger partial charge in [0, 0.05) is 6.04 Å². The van der Waals surface area contributed by atoms with Crippen LogP contribution in [0, 0.1) is 6.92 Å². The first-order chi connectivity index (χ1) is 10.4. The van der Waals surface area contributed by atoms with Crippen molar-refractivity contribution in [2.24, 2.45) is 0 Å². The molecule has 2 rings (SSSR count). The van der Waals surface area contributed by atoms with Crippen LogP contribution in [0.5, 0.6) is 0 Å². The van der Waals surface area contributed by atoms with Crippen molar-refractivity contribution >= 4 is 16.0 Å². The van der Waals surface area contributed by atoms with Gasteiger partial charge in [0.2, 0.25) is 10.0 Å². The van der Waals surface area contributed by atoms with E-state index in [1.807, 2.05) is 6.92 Å². The third-order valence-corrected chi connectivity index (χ3v) is 6.06. The van der Waals surface area contributed by atoms with Gasteiger partial charge in [-0.15, -0.1) is 0 Å². The third kappa shape index (κ3) is 4.08. The quantitative estimate of drug-likeness (QED) is 0.768. The van der Waals surface area contributed by atoms with Crippen LogP contribution < -0.4 is 5.11 Å². The fourth-order valence-electron chi connectivity index (χ4n) is 2.93. The highest BCUT2D eigenvalue weighted by Crippen LogP contribution is 2.27. The van der Waals surface area contributed by atoms with Gasteiger partial charge in [0.25, 0.3) is 0 Å². The fraction of sp³-hybridized carbons (Fsp3) is 0.562. The molecule has 5 nitrogen and oxygen atoms in total. The first kappa shape index (κ1) is 17.0. The number of rotatable bonds is 5. The van der Waals surface area contributed by atoms with Crippen molar-refractivity contribution in [2.45, 2.75) is 56.4 Å². The number of sulfonamides is 1. The van der Waals surface area contributed by atoms with Crippen molar-refractivity contribution in [3.63, 3.8) is 0 Å². The minimum Gasteiger partial charge on any atom is -0.549 e. The normalized spacial score (nSPS) is 17.4. The maximum absolute atomic E-state index is 12.8. The van der Waals surface area contributed by atoms with E-state index >= 15 is 0 Å². The van der Waals surface area contributed by atoms with Crippen LogP contribution in [0.4, 0.5) is 0 Å². The molecule has 1 saturated carbocycles. The lowest BCUT2D eigenvalue weighted by Crippen LogP contribution is -2.46. The van der Waals surface area contributed by atoms with Gasteiger partial charge in [-0.05, 0) is 31.9 Å². The number of carbonyl (C=O) groups is 1. The summed E-state index contributed by atoms with van der Waals surface area (Å²) < 4.78 is 26.8.